The zero-order valence-electron chi connectivity index (χ0n) is 10.2. The summed E-state index contributed by atoms with van der Waals surface area (Å²) in [6.07, 6.45) is 2.41. The Morgan fingerprint density at radius 1 is 1.44 bits per heavy atom. The van der Waals surface area contributed by atoms with Gasteiger partial charge in [-0.25, -0.2) is 0 Å². The summed E-state index contributed by atoms with van der Waals surface area (Å²) in [7, 11) is 0. The van der Waals surface area contributed by atoms with E-state index >= 15 is 0 Å². The Hall–Kier alpha value is -1.31. The van der Waals surface area contributed by atoms with Crippen LogP contribution in [0, 0.1) is 0 Å². The van der Waals surface area contributed by atoms with Crippen molar-refractivity contribution >= 4 is 5.78 Å². The Labute approximate surface area is 96.6 Å². The van der Waals surface area contributed by atoms with Crippen molar-refractivity contribution in [2.45, 2.75) is 45.6 Å². The Bertz CT molecular complexity index is 419. The van der Waals surface area contributed by atoms with Crippen LogP contribution in [-0.2, 0) is 6.42 Å². The van der Waals surface area contributed by atoms with Crippen LogP contribution in [0.2, 0.25) is 0 Å². The maximum Gasteiger partial charge on any atom is 0.162 e. The van der Waals surface area contributed by atoms with E-state index in [2.05, 4.69) is 13.8 Å². The van der Waals surface area contributed by atoms with Crippen molar-refractivity contribution in [1.82, 2.24) is 0 Å². The lowest BCUT2D eigenvalue weighted by molar-refractivity contribution is 0.0981. The molecule has 2 nitrogen and oxygen atoms in total. The van der Waals surface area contributed by atoms with E-state index in [-0.39, 0.29) is 11.4 Å². The van der Waals surface area contributed by atoms with Gasteiger partial charge in [-0.2, -0.15) is 0 Å². The molecule has 86 valence electrons. The number of ether oxygens (including phenoxy) is 1. The standard InChI is InChI=1S/C14H18O2/c1-4-5-12(15)10-6-7-13-11(8-10)9-14(2,3)16-13/h6-8H,4-5,9H2,1-3H3. The number of hydrogen-bond acceptors (Lipinski definition) is 2. The van der Waals surface area contributed by atoms with Crippen molar-refractivity contribution in [3.05, 3.63) is 29.3 Å². The van der Waals surface area contributed by atoms with Gasteiger partial charge in [0.2, 0.25) is 0 Å². The molecule has 0 aromatic heterocycles. The highest BCUT2D eigenvalue weighted by atomic mass is 16.5. The minimum Gasteiger partial charge on any atom is -0.487 e. The molecule has 1 aliphatic rings. The third-order valence-electron chi connectivity index (χ3n) is 2.86. The van der Waals surface area contributed by atoms with E-state index in [9.17, 15) is 4.79 Å². The minimum atomic E-state index is -0.130. The summed E-state index contributed by atoms with van der Waals surface area (Å²) in [5.74, 6) is 1.16. The molecule has 0 unspecified atom stereocenters. The zero-order chi connectivity index (χ0) is 11.8. The molecule has 1 aromatic rings. The molecule has 0 fully saturated rings. The molecule has 1 aromatic carbocycles. The molecule has 0 saturated heterocycles. The first-order valence-electron chi connectivity index (χ1n) is 5.87. The van der Waals surface area contributed by atoms with Crippen LogP contribution >= 0.6 is 0 Å². The third-order valence-corrected chi connectivity index (χ3v) is 2.86. The number of hydrogen-bond donors (Lipinski definition) is 0. The monoisotopic (exact) mass is 218 g/mol. The molecule has 0 bridgehead atoms. The van der Waals surface area contributed by atoms with Gasteiger partial charge in [-0.05, 0) is 44.0 Å². The molecule has 0 spiro atoms. The second-order valence-electron chi connectivity index (χ2n) is 5.03. The average Bonchev–Trinajstić information content (AvgIpc) is 2.50. The first-order valence-corrected chi connectivity index (χ1v) is 5.87. The quantitative estimate of drug-likeness (QED) is 0.727. The molecule has 0 saturated carbocycles. The summed E-state index contributed by atoms with van der Waals surface area (Å²) in [5.41, 5.74) is 1.85. The molecule has 2 heteroatoms. The van der Waals surface area contributed by atoms with E-state index in [1.165, 1.54) is 0 Å². The van der Waals surface area contributed by atoms with Gasteiger partial charge in [-0.15, -0.1) is 0 Å². The fraction of sp³-hybridized carbons (Fsp3) is 0.500. The van der Waals surface area contributed by atoms with E-state index < -0.39 is 0 Å². The van der Waals surface area contributed by atoms with Crippen molar-refractivity contribution in [3.63, 3.8) is 0 Å². The predicted octanol–water partition coefficient (Wildman–Crippen LogP) is 3.38. The van der Waals surface area contributed by atoms with Crippen LogP contribution < -0.4 is 4.74 Å². The Kier molecular flexibility index (Phi) is 2.75. The molecule has 16 heavy (non-hydrogen) atoms. The molecule has 1 heterocycles. The summed E-state index contributed by atoms with van der Waals surface area (Å²) >= 11 is 0. The van der Waals surface area contributed by atoms with Gasteiger partial charge >= 0.3 is 0 Å². The van der Waals surface area contributed by atoms with Crippen molar-refractivity contribution in [2.24, 2.45) is 0 Å². The van der Waals surface area contributed by atoms with E-state index in [4.69, 9.17) is 4.74 Å². The molecule has 0 aliphatic carbocycles. The summed E-state index contributed by atoms with van der Waals surface area (Å²) in [5, 5.41) is 0. The molecular weight excluding hydrogens is 200 g/mol. The highest BCUT2D eigenvalue weighted by molar-refractivity contribution is 5.96. The van der Waals surface area contributed by atoms with Crippen LogP contribution in [0.4, 0.5) is 0 Å². The Balaban J connectivity index is 2.26. The SMILES string of the molecule is CCCC(=O)c1ccc2c(c1)CC(C)(C)O2. The number of benzene rings is 1. The summed E-state index contributed by atoms with van der Waals surface area (Å²) in [6, 6.07) is 5.78. The lowest BCUT2D eigenvalue weighted by atomic mass is 9.98. The summed E-state index contributed by atoms with van der Waals surface area (Å²) < 4.78 is 5.78. The largest absolute Gasteiger partial charge is 0.487 e. The van der Waals surface area contributed by atoms with Crippen LogP contribution in [0.15, 0.2) is 18.2 Å². The Morgan fingerprint density at radius 2 is 2.19 bits per heavy atom. The fourth-order valence-corrected chi connectivity index (χ4v) is 2.15. The average molecular weight is 218 g/mol. The summed E-state index contributed by atoms with van der Waals surface area (Å²) in [4.78, 5) is 11.8. The van der Waals surface area contributed by atoms with E-state index in [0.717, 1.165) is 29.7 Å². The molecule has 0 N–H and O–H groups in total. The molecular formula is C14H18O2. The number of Topliss-reactive ketones (excluding diaryl/α,β-unsaturated/α-hetero) is 1. The maximum absolute atomic E-state index is 11.8. The van der Waals surface area contributed by atoms with Gasteiger partial charge in [0, 0.05) is 18.4 Å². The zero-order valence-corrected chi connectivity index (χ0v) is 10.2. The smallest absolute Gasteiger partial charge is 0.162 e. The van der Waals surface area contributed by atoms with Gasteiger partial charge in [0.05, 0.1) is 0 Å². The lowest BCUT2D eigenvalue weighted by Crippen LogP contribution is -2.24. The van der Waals surface area contributed by atoms with Gasteiger partial charge in [0.15, 0.2) is 5.78 Å². The number of ketones is 1. The van der Waals surface area contributed by atoms with Crippen LogP contribution in [0.5, 0.6) is 5.75 Å². The first kappa shape index (κ1) is 11.2. The van der Waals surface area contributed by atoms with Crippen molar-refractivity contribution < 1.29 is 9.53 Å². The second-order valence-corrected chi connectivity index (χ2v) is 5.03. The van der Waals surface area contributed by atoms with Gasteiger partial charge in [0.1, 0.15) is 11.4 Å². The summed E-state index contributed by atoms with van der Waals surface area (Å²) in [6.45, 7) is 6.17. The van der Waals surface area contributed by atoms with Gasteiger partial charge in [-0.3, -0.25) is 4.79 Å². The van der Waals surface area contributed by atoms with Crippen LogP contribution in [0.1, 0.15) is 49.5 Å². The number of carbonyl (C=O) groups is 1. The number of rotatable bonds is 3. The minimum absolute atomic E-state index is 0.130. The van der Waals surface area contributed by atoms with E-state index in [1.54, 1.807) is 0 Å². The normalized spacial score (nSPS) is 16.7. The Morgan fingerprint density at radius 3 is 2.88 bits per heavy atom. The van der Waals surface area contributed by atoms with Crippen LogP contribution in [0.25, 0.3) is 0 Å². The van der Waals surface area contributed by atoms with Crippen molar-refractivity contribution in [2.75, 3.05) is 0 Å². The van der Waals surface area contributed by atoms with E-state index in [0.29, 0.717) is 6.42 Å². The highest BCUT2D eigenvalue weighted by Gasteiger charge is 2.30. The topological polar surface area (TPSA) is 26.3 Å². The third kappa shape index (κ3) is 2.11. The predicted molar refractivity (Wildman–Crippen MR) is 64.1 cm³/mol. The maximum atomic E-state index is 11.8. The van der Waals surface area contributed by atoms with Crippen molar-refractivity contribution in [1.29, 1.82) is 0 Å². The first-order chi connectivity index (χ1) is 7.52. The van der Waals surface area contributed by atoms with Gasteiger partial charge in [-0.1, -0.05) is 6.92 Å². The molecule has 2 rings (SSSR count). The molecule has 0 atom stereocenters. The van der Waals surface area contributed by atoms with Gasteiger partial charge in [0.25, 0.3) is 0 Å². The second kappa shape index (κ2) is 3.93. The molecule has 1 aliphatic heterocycles. The van der Waals surface area contributed by atoms with Crippen LogP contribution in [-0.4, -0.2) is 11.4 Å². The van der Waals surface area contributed by atoms with Crippen molar-refractivity contribution in [3.8, 4) is 5.75 Å². The fourth-order valence-electron chi connectivity index (χ4n) is 2.15. The van der Waals surface area contributed by atoms with Gasteiger partial charge < -0.3 is 4.74 Å². The van der Waals surface area contributed by atoms with E-state index in [1.807, 2.05) is 25.1 Å². The highest BCUT2D eigenvalue weighted by Crippen LogP contribution is 2.35. The number of carbonyl (C=O) groups excluding carboxylic acids is 1. The number of fused-ring (bicyclic) bond motifs is 1. The lowest BCUT2D eigenvalue weighted by Gasteiger charge is -2.16. The molecule has 0 radical (unpaired) electrons. The van der Waals surface area contributed by atoms with Crippen LogP contribution in [0.3, 0.4) is 0 Å². The molecule has 0 amide bonds.